The Morgan fingerprint density at radius 2 is 0.444 bits per heavy atom. The van der Waals surface area contributed by atoms with E-state index in [1.807, 2.05) is 0 Å². The molecule has 0 amide bonds. The van der Waals surface area contributed by atoms with E-state index in [1.54, 1.807) is 0 Å². The SMILES string of the molecule is BB(B)B(B(B)B)B(B(B)B)B(B(B)B)B(B)B. The number of hydrogen-bond acceptors (Lipinski definition) is 0. The van der Waals surface area contributed by atoms with Crippen molar-refractivity contribution in [3.63, 3.8) is 0 Å². The first-order valence-electron chi connectivity index (χ1n) is 8.11. The zero-order valence-electron chi connectivity index (χ0n) is 14.6. The molecule has 0 unspecified atom stereocenters. The maximum absolute atomic E-state index is 2.43. The van der Waals surface area contributed by atoms with E-state index in [9.17, 15) is 0 Å². The Morgan fingerprint density at radius 3 is 0.556 bits per heavy atom. The highest BCUT2D eigenvalue weighted by Crippen LogP contribution is 2.03. The van der Waals surface area contributed by atoms with Crippen LogP contribution in [-0.2, 0) is 0 Å². The Labute approximate surface area is 128 Å². The molecule has 0 aliphatic rings. The first-order valence-corrected chi connectivity index (χ1v) is 8.11. The molecule has 0 saturated carbocycles. The Morgan fingerprint density at radius 1 is 0.278 bits per heavy atom. The van der Waals surface area contributed by atoms with Crippen molar-refractivity contribution < 1.29 is 0 Å². The van der Waals surface area contributed by atoms with Crippen molar-refractivity contribution >= 4 is 128 Å². The van der Waals surface area contributed by atoms with Gasteiger partial charge in [-0.1, -0.05) is 0 Å². The topological polar surface area (TPSA) is 0 Å². The number of hydrogen-bond donors (Lipinski definition) is 0. The summed E-state index contributed by atoms with van der Waals surface area (Å²) in [6.07, 6.45) is 6.49. The highest BCUT2D eigenvalue weighted by atomic mass is 13.2. The molecule has 0 aromatic rings. The van der Waals surface area contributed by atoms with Crippen molar-refractivity contribution in [2.24, 2.45) is 0 Å². The molecule has 18 heavy (non-hydrogen) atoms. The molecule has 0 spiro atoms. The van der Waals surface area contributed by atoms with Gasteiger partial charge in [-0.2, -0.15) is 0 Å². The summed E-state index contributed by atoms with van der Waals surface area (Å²) in [5.74, 6) is 0. The molecule has 0 aromatic heterocycles. The molecule has 0 aliphatic carbocycles. The molecule has 0 aromatic carbocycles. The van der Waals surface area contributed by atoms with Crippen LogP contribution < -0.4 is 0 Å². The molecule has 18 heteroatoms. The Balaban J connectivity index is 5.37. The van der Waals surface area contributed by atoms with Gasteiger partial charge in [-0.3, -0.25) is 0 Å². The van der Waals surface area contributed by atoms with E-state index in [2.05, 4.69) is 77.4 Å². The van der Waals surface area contributed by atoms with Gasteiger partial charge < -0.3 is 0 Å². The highest BCUT2D eigenvalue weighted by molar-refractivity contribution is 8.17. The second-order valence-electron chi connectivity index (χ2n) is 7.95. The fourth-order valence-electron chi connectivity index (χ4n) is 4.46. The van der Waals surface area contributed by atoms with Gasteiger partial charge in [0.2, 0.25) is 0 Å². The Bertz CT molecular complexity index is 174. The Hall–Kier alpha value is 1.17. The minimum atomic E-state index is 0.787. The summed E-state index contributed by atoms with van der Waals surface area (Å²) in [5, 5.41) is 0. The average Bonchev–Trinajstić information content (AvgIpc) is 2.13. The van der Waals surface area contributed by atoms with Crippen LogP contribution >= 0.6 is 0 Å². The van der Waals surface area contributed by atoms with E-state index in [0.717, 1.165) is 51.1 Å². The predicted octanol–water partition coefficient (Wildman–Crippen LogP) is -12.2. The first kappa shape index (κ1) is 19.2. The smallest absolute Gasteiger partial charge is 0.00179 e. The van der Waals surface area contributed by atoms with Gasteiger partial charge in [-0.15, -0.1) is 0 Å². The molecule has 0 aliphatic heterocycles. The molecule has 0 radical (unpaired) electrons. The van der Waals surface area contributed by atoms with Crippen molar-refractivity contribution in [3.8, 4) is 0 Å². The quantitative estimate of drug-likeness (QED) is 0.370. The van der Waals surface area contributed by atoms with Crippen molar-refractivity contribution in [3.05, 3.63) is 0 Å². The fourth-order valence-corrected chi connectivity index (χ4v) is 4.46. The monoisotopic (exact) mass is 218 g/mol. The standard InChI is InChI=1S/B18H20/c1-11(2)16(12(3)4)18(15(9)10)17(13(5)6)14(7)8/h1-10H2. The third kappa shape index (κ3) is 5.28. The molecule has 74 valence electrons. The molecule has 0 saturated heterocycles. The normalized spacial score (nSPS) is 9.11. The molecular formula is H20B18. The summed E-state index contributed by atoms with van der Waals surface area (Å²) in [6.45, 7) is 0. The summed E-state index contributed by atoms with van der Waals surface area (Å²) >= 11 is 0. The molecule has 0 heterocycles. The third-order valence-corrected chi connectivity index (χ3v) is 4.74. The summed E-state index contributed by atoms with van der Waals surface area (Å²) in [7, 11) is 24.2. The Kier molecular flexibility index (Phi) is 9.00. The lowest BCUT2D eigenvalue weighted by molar-refractivity contribution is 3.35. The van der Waals surface area contributed by atoms with Crippen LogP contribution in [-0.4, -0.2) is 128 Å². The van der Waals surface area contributed by atoms with Crippen molar-refractivity contribution in [1.82, 2.24) is 0 Å². The molecule has 0 N–H and O–H groups in total. The van der Waals surface area contributed by atoms with E-state index in [4.69, 9.17) is 0 Å². The third-order valence-electron chi connectivity index (χ3n) is 4.74. The predicted molar refractivity (Wildman–Crippen MR) is 131 cm³/mol. The second-order valence-corrected chi connectivity index (χ2v) is 7.95. The van der Waals surface area contributed by atoms with Crippen LogP contribution in [0.4, 0.5) is 0 Å². The van der Waals surface area contributed by atoms with Gasteiger partial charge in [0.15, 0.2) is 0 Å². The zero-order valence-corrected chi connectivity index (χ0v) is 14.6. The van der Waals surface area contributed by atoms with Gasteiger partial charge in [0.05, 0.1) is 77.4 Å². The maximum atomic E-state index is 2.43. The molecule has 0 rings (SSSR count). The average molecular weight is 215 g/mol. The fraction of sp³-hybridized carbons (Fsp3) is 0. The van der Waals surface area contributed by atoms with Gasteiger partial charge in [0.1, 0.15) is 0 Å². The highest BCUT2D eigenvalue weighted by Gasteiger charge is 2.43. The molecule has 0 nitrogen and oxygen atoms in total. The van der Waals surface area contributed by atoms with Crippen LogP contribution in [0.15, 0.2) is 0 Å². The van der Waals surface area contributed by atoms with Gasteiger partial charge in [0.25, 0.3) is 0 Å². The minimum absolute atomic E-state index is 0.787. The van der Waals surface area contributed by atoms with Crippen LogP contribution in [0.5, 0.6) is 0 Å². The van der Waals surface area contributed by atoms with E-state index in [-0.39, 0.29) is 0 Å². The van der Waals surface area contributed by atoms with E-state index >= 15 is 0 Å². The van der Waals surface area contributed by atoms with E-state index < -0.39 is 0 Å². The summed E-state index contributed by atoms with van der Waals surface area (Å²) in [6, 6.07) is 0. The lowest BCUT2D eigenvalue weighted by Crippen LogP contribution is -2.78. The lowest BCUT2D eigenvalue weighted by atomic mass is 8.41. The van der Waals surface area contributed by atoms with E-state index in [0.29, 0.717) is 0 Å². The van der Waals surface area contributed by atoms with Crippen LogP contribution in [0, 0.1) is 0 Å². The maximum Gasteiger partial charge on any atom is 0.0552 e. The largest absolute Gasteiger partial charge is 0.0552 e. The molecular weight excluding hydrogens is 195 g/mol. The molecule has 0 fully saturated rings. The van der Waals surface area contributed by atoms with E-state index in [1.165, 1.54) is 0 Å². The summed E-state index contributed by atoms with van der Waals surface area (Å²) in [5.41, 5.74) is 0. The minimum Gasteiger partial charge on any atom is 0.00179 e. The van der Waals surface area contributed by atoms with Gasteiger partial charge in [-0.25, -0.2) is 0 Å². The van der Waals surface area contributed by atoms with Gasteiger partial charge in [-0.05, 0) is 0 Å². The van der Waals surface area contributed by atoms with Gasteiger partial charge in [0, 0.05) is 51.1 Å². The molecule has 0 atom stereocenters. The lowest BCUT2D eigenvalue weighted by Gasteiger charge is -2.39. The first-order chi connectivity index (χ1) is 8.11. The number of rotatable bonds is 7. The van der Waals surface area contributed by atoms with Crippen molar-refractivity contribution in [2.75, 3.05) is 0 Å². The van der Waals surface area contributed by atoms with Crippen LogP contribution in [0.3, 0.4) is 0 Å². The van der Waals surface area contributed by atoms with Crippen LogP contribution in [0.2, 0.25) is 0 Å². The van der Waals surface area contributed by atoms with Crippen molar-refractivity contribution in [2.45, 2.75) is 0 Å². The second kappa shape index (κ2) is 8.45. The van der Waals surface area contributed by atoms with Crippen molar-refractivity contribution in [1.29, 1.82) is 0 Å². The summed E-state index contributed by atoms with van der Waals surface area (Å²) < 4.78 is 0. The van der Waals surface area contributed by atoms with Gasteiger partial charge >= 0.3 is 0 Å². The van der Waals surface area contributed by atoms with Crippen LogP contribution in [0.1, 0.15) is 0 Å². The zero-order chi connectivity index (χ0) is 14.6. The summed E-state index contributed by atoms with van der Waals surface area (Å²) in [4.78, 5) is 0. The molecule has 0 bridgehead atoms. The van der Waals surface area contributed by atoms with Crippen LogP contribution in [0.25, 0.3) is 0 Å².